The second kappa shape index (κ2) is 13.0. The molecule has 1 aromatic carbocycles. The average Bonchev–Trinajstić information content (AvgIpc) is 3.35. The summed E-state index contributed by atoms with van der Waals surface area (Å²) in [6.07, 6.45) is 3.07. The number of hydrogen-bond acceptors (Lipinski definition) is 9. The van der Waals surface area contributed by atoms with E-state index in [0.29, 0.717) is 52.4 Å². The number of benzene rings is 1. The number of anilines is 1. The van der Waals surface area contributed by atoms with Gasteiger partial charge in [0.1, 0.15) is 34.1 Å². The first-order chi connectivity index (χ1) is 18.6. The molecular formula is C27H33FN8O2S. The van der Waals surface area contributed by atoms with Crippen molar-refractivity contribution in [1.29, 1.82) is 5.26 Å². The third-order valence-electron chi connectivity index (χ3n) is 6.28. The minimum atomic E-state index is -0.483. The van der Waals surface area contributed by atoms with Crippen molar-refractivity contribution in [2.45, 2.75) is 25.9 Å². The highest BCUT2D eigenvalue weighted by Crippen LogP contribution is 2.34. The van der Waals surface area contributed by atoms with Crippen molar-refractivity contribution in [3.8, 4) is 17.3 Å². The molecular weight excluding hydrogens is 519 g/mol. The third-order valence-corrected chi connectivity index (χ3v) is 7.32. The first-order valence-corrected chi connectivity index (χ1v) is 13.1. The Kier molecular flexibility index (Phi) is 9.81. The summed E-state index contributed by atoms with van der Waals surface area (Å²) >= 11 is 1.22. The highest BCUT2D eigenvalue weighted by molar-refractivity contribution is 7.16. The molecule has 0 saturated carbocycles. The SMILES string of the molecule is C=C/N=C(/CC(=O)N1CC(O)C1)N(C)N(C)/C(CC)=C(\NC=C)N(C)c1nc(-c2ccc(F)cc2)c(C#N)s1. The van der Waals surface area contributed by atoms with Gasteiger partial charge in [-0.3, -0.25) is 14.8 Å². The van der Waals surface area contributed by atoms with Crippen LogP contribution in [0.4, 0.5) is 9.52 Å². The molecule has 3 rings (SSSR count). The number of nitriles is 1. The minimum absolute atomic E-state index is 0.0374. The first-order valence-electron chi connectivity index (χ1n) is 12.3. The van der Waals surface area contributed by atoms with E-state index < -0.39 is 6.10 Å². The summed E-state index contributed by atoms with van der Waals surface area (Å²) in [7, 11) is 5.47. The summed E-state index contributed by atoms with van der Waals surface area (Å²) in [5.41, 5.74) is 1.93. The number of allylic oxidation sites excluding steroid dienone is 1. The predicted molar refractivity (Wildman–Crippen MR) is 152 cm³/mol. The lowest BCUT2D eigenvalue weighted by atomic mass is 10.1. The van der Waals surface area contributed by atoms with Gasteiger partial charge in [-0.1, -0.05) is 31.4 Å². The summed E-state index contributed by atoms with van der Waals surface area (Å²) in [6.45, 7) is 10.1. The number of thiazole rings is 1. The van der Waals surface area contributed by atoms with E-state index in [2.05, 4.69) is 29.5 Å². The number of halogens is 1. The van der Waals surface area contributed by atoms with Crippen molar-refractivity contribution in [2.24, 2.45) is 4.99 Å². The van der Waals surface area contributed by atoms with Gasteiger partial charge in [-0.15, -0.1) is 0 Å². The molecule has 39 heavy (non-hydrogen) atoms. The van der Waals surface area contributed by atoms with Crippen LogP contribution in [0.1, 0.15) is 24.6 Å². The number of carbonyl (C=O) groups is 1. The maximum atomic E-state index is 13.5. The van der Waals surface area contributed by atoms with Crippen LogP contribution in [0.3, 0.4) is 0 Å². The molecule has 1 fully saturated rings. The van der Waals surface area contributed by atoms with E-state index in [9.17, 15) is 19.6 Å². The van der Waals surface area contributed by atoms with Crippen molar-refractivity contribution in [3.05, 3.63) is 72.0 Å². The number of nitrogens with one attached hydrogen (secondary N) is 1. The molecule has 1 saturated heterocycles. The molecule has 206 valence electrons. The smallest absolute Gasteiger partial charge is 0.230 e. The number of aromatic nitrogens is 1. The number of aliphatic imine (C=N–C) groups is 1. The molecule has 0 spiro atoms. The van der Waals surface area contributed by atoms with E-state index in [1.54, 1.807) is 35.3 Å². The molecule has 10 nitrogen and oxygen atoms in total. The zero-order chi connectivity index (χ0) is 28.7. The van der Waals surface area contributed by atoms with Crippen LogP contribution in [0.2, 0.25) is 0 Å². The molecule has 1 amide bonds. The molecule has 2 N–H and O–H groups in total. The summed E-state index contributed by atoms with van der Waals surface area (Å²) in [5.74, 6) is 0.629. The lowest BCUT2D eigenvalue weighted by Gasteiger charge is -2.39. The Bertz CT molecular complexity index is 1310. The van der Waals surface area contributed by atoms with Crippen molar-refractivity contribution in [3.63, 3.8) is 0 Å². The number of carbonyl (C=O) groups excluding carboxylic acids is 1. The second-order valence-electron chi connectivity index (χ2n) is 8.75. The average molecular weight is 553 g/mol. The lowest BCUT2D eigenvalue weighted by Crippen LogP contribution is -2.54. The van der Waals surface area contributed by atoms with Gasteiger partial charge in [0.25, 0.3) is 0 Å². The molecule has 1 aromatic heterocycles. The number of hydrogen-bond donors (Lipinski definition) is 2. The number of hydrazine groups is 1. The van der Waals surface area contributed by atoms with Gasteiger partial charge in [0, 0.05) is 46.0 Å². The molecule has 1 aliphatic heterocycles. The Balaban J connectivity index is 1.95. The zero-order valence-corrected chi connectivity index (χ0v) is 23.4. The first kappa shape index (κ1) is 29.3. The van der Waals surface area contributed by atoms with E-state index in [4.69, 9.17) is 4.98 Å². The van der Waals surface area contributed by atoms with Crippen LogP contribution in [-0.4, -0.2) is 77.1 Å². The van der Waals surface area contributed by atoms with Crippen LogP contribution in [-0.2, 0) is 4.79 Å². The predicted octanol–water partition coefficient (Wildman–Crippen LogP) is 3.48. The topological polar surface area (TPSA) is 111 Å². The van der Waals surface area contributed by atoms with Crippen molar-refractivity contribution in [1.82, 2.24) is 25.2 Å². The van der Waals surface area contributed by atoms with Gasteiger partial charge >= 0.3 is 0 Å². The van der Waals surface area contributed by atoms with Gasteiger partial charge in [-0.05, 0) is 36.9 Å². The van der Waals surface area contributed by atoms with Crippen LogP contribution < -0.4 is 10.2 Å². The molecule has 1 aliphatic rings. The Morgan fingerprint density at radius 3 is 2.51 bits per heavy atom. The molecule has 0 atom stereocenters. The summed E-state index contributed by atoms with van der Waals surface area (Å²) < 4.78 is 13.5. The van der Waals surface area contributed by atoms with Gasteiger partial charge in [-0.25, -0.2) is 14.4 Å². The van der Waals surface area contributed by atoms with Gasteiger partial charge < -0.3 is 20.2 Å². The Labute approximate surface area is 232 Å². The van der Waals surface area contributed by atoms with Crippen LogP contribution in [0.5, 0.6) is 0 Å². The van der Waals surface area contributed by atoms with Crippen LogP contribution in [0.25, 0.3) is 11.3 Å². The fraction of sp³-hybridized carbons (Fsp3) is 0.333. The second-order valence-corrected chi connectivity index (χ2v) is 9.73. The van der Waals surface area contributed by atoms with E-state index >= 15 is 0 Å². The maximum absolute atomic E-state index is 13.5. The number of nitrogens with zero attached hydrogens (tertiary/aromatic N) is 7. The molecule has 0 radical (unpaired) electrons. The molecule has 2 aromatic rings. The third kappa shape index (κ3) is 6.63. The molecule has 0 aliphatic carbocycles. The highest BCUT2D eigenvalue weighted by atomic mass is 32.1. The summed E-state index contributed by atoms with van der Waals surface area (Å²) in [6, 6.07) is 8.05. The summed E-state index contributed by atoms with van der Waals surface area (Å²) in [5, 5.41) is 26.7. The van der Waals surface area contributed by atoms with Crippen molar-refractivity contribution in [2.75, 3.05) is 39.1 Å². The van der Waals surface area contributed by atoms with E-state index in [1.807, 2.05) is 30.9 Å². The molecule has 12 heteroatoms. The maximum Gasteiger partial charge on any atom is 0.230 e. The number of likely N-dealkylation sites (tertiary alicyclic amines) is 1. The summed E-state index contributed by atoms with van der Waals surface area (Å²) in [4.78, 5) is 25.6. The highest BCUT2D eigenvalue weighted by Gasteiger charge is 2.31. The molecule has 2 heterocycles. The quantitative estimate of drug-likeness (QED) is 0.248. The zero-order valence-electron chi connectivity index (χ0n) is 22.6. The Hall–Kier alpha value is -4.21. The largest absolute Gasteiger partial charge is 0.389 e. The van der Waals surface area contributed by atoms with Gasteiger partial charge in [0.2, 0.25) is 5.91 Å². The monoisotopic (exact) mass is 552 g/mol. The van der Waals surface area contributed by atoms with Gasteiger partial charge in [-0.2, -0.15) is 5.26 Å². The van der Waals surface area contributed by atoms with Crippen molar-refractivity contribution < 1.29 is 14.3 Å². The standard InChI is InChI=1S/C27H33FN8O2S/c1-7-21(34(5)35(6)23(30-8-2)14-24(38)36-16-20(37)17-36)26(31-9-3)33(4)27-32-25(22(15-29)39-27)18-10-12-19(28)13-11-18/h8-13,20,31,37H,2-3,7,14,16-17H2,1,4-6H3/b26-21+,30-23-. The number of amidine groups is 1. The van der Waals surface area contributed by atoms with Crippen LogP contribution in [0.15, 0.2) is 66.3 Å². The number of aliphatic hydroxyl groups is 1. The number of aliphatic hydroxyl groups excluding tert-OH is 1. The van der Waals surface area contributed by atoms with Crippen LogP contribution in [0, 0.1) is 17.1 Å². The molecule has 0 bridgehead atoms. The van der Waals surface area contributed by atoms with Gasteiger partial charge in [0.15, 0.2) is 5.13 Å². The number of amides is 1. The lowest BCUT2D eigenvalue weighted by molar-refractivity contribution is -0.140. The van der Waals surface area contributed by atoms with Crippen LogP contribution >= 0.6 is 11.3 Å². The number of rotatable bonds is 11. The Morgan fingerprint density at radius 1 is 1.31 bits per heavy atom. The fourth-order valence-electron chi connectivity index (χ4n) is 4.06. The Morgan fingerprint density at radius 2 is 1.97 bits per heavy atom. The van der Waals surface area contributed by atoms with Crippen molar-refractivity contribution >= 4 is 28.2 Å². The normalized spacial score (nSPS) is 14.1. The van der Waals surface area contributed by atoms with Gasteiger partial charge in [0.05, 0.1) is 18.2 Å². The van der Waals surface area contributed by atoms with E-state index in [0.717, 1.165) is 5.70 Å². The van der Waals surface area contributed by atoms with E-state index in [-0.39, 0.29) is 18.1 Å². The number of β-amino-alcohol motifs (C(OH)–C–C–N with tert-alkyl or cyclic N) is 1. The minimum Gasteiger partial charge on any atom is -0.389 e. The fourth-order valence-corrected chi connectivity index (χ4v) is 4.91. The van der Waals surface area contributed by atoms with E-state index in [1.165, 1.54) is 29.7 Å². The molecule has 0 unspecified atom stereocenters.